The number of nitrogens with zero attached hydrogens (tertiary/aromatic N) is 1. The standard InChI is InChI=1S/C12H24N2/c1-9-4-11(3)14(7-9)12(8-13)5-10(2)6-12/h9-11H,4-8,13H2,1-3H3. The highest BCUT2D eigenvalue weighted by atomic mass is 15.3. The van der Waals surface area contributed by atoms with E-state index < -0.39 is 0 Å². The predicted molar refractivity (Wildman–Crippen MR) is 60.1 cm³/mol. The zero-order chi connectivity index (χ0) is 10.3. The summed E-state index contributed by atoms with van der Waals surface area (Å²) in [4.78, 5) is 2.69. The Hall–Kier alpha value is -0.0800. The molecule has 1 aliphatic carbocycles. The van der Waals surface area contributed by atoms with Crippen molar-refractivity contribution in [3.05, 3.63) is 0 Å². The van der Waals surface area contributed by atoms with Crippen LogP contribution < -0.4 is 5.73 Å². The van der Waals surface area contributed by atoms with E-state index in [0.29, 0.717) is 5.54 Å². The summed E-state index contributed by atoms with van der Waals surface area (Å²) < 4.78 is 0. The summed E-state index contributed by atoms with van der Waals surface area (Å²) in [5, 5.41) is 0. The molecule has 1 heterocycles. The predicted octanol–water partition coefficient (Wildman–Crippen LogP) is 1.84. The zero-order valence-corrected chi connectivity index (χ0v) is 9.79. The van der Waals surface area contributed by atoms with Crippen molar-refractivity contribution in [1.82, 2.24) is 4.90 Å². The second kappa shape index (κ2) is 3.49. The Balaban J connectivity index is 2.06. The van der Waals surface area contributed by atoms with Crippen molar-refractivity contribution in [3.8, 4) is 0 Å². The lowest BCUT2D eigenvalue weighted by atomic mass is 9.68. The van der Waals surface area contributed by atoms with Crippen LogP contribution in [0.1, 0.15) is 40.0 Å². The van der Waals surface area contributed by atoms with Crippen LogP contribution in [0.5, 0.6) is 0 Å². The smallest absolute Gasteiger partial charge is 0.0339 e. The SMILES string of the molecule is CC1CC(C)N(C2(CN)CC(C)C2)C1. The molecular formula is C12H24N2. The van der Waals surface area contributed by atoms with E-state index >= 15 is 0 Å². The molecule has 0 aromatic rings. The first-order chi connectivity index (χ1) is 6.57. The van der Waals surface area contributed by atoms with Crippen molar-refractivity contribution in [1.29, 1.82) is 0 Å². The summed E-state index contributed by atoms with van der Waals surface area (Å²) in [6, 6.07) is 0.751. The Kier molecular flexibility index (Phi) is 2.61. The lowest BCUT2D eigenvalue weighted by Gasteiger charge is -2.53. The molecule has 1 saturated carbocycles. The summed E-state index contributed by atoms with van der Waals surface area (Å²) in [6.07, 6.45) is 4.00. The van der Waals surface area contributed by atoms with Gasteiger partial charge in [-0.25, -0.2) is 0 Å². The molecule has 1 aliphatic heterocycles. The summed E-state index contributed by atoms with van der Waals surface area (Å²) in [5.74, 6) is 1.76. The van der Waals surface area contributed by atoms with E-state index in [-0.39, 0.29) is 0 Å². The molecular weight excluding hydrogens is 172 g/mol. The number of hydrogen-bond donors (Lipinski definition) is 1. The van der Waals surface area contributed by atoms with E-state index in [2.05, 4.69) is 25.7 Å². The van der Waals surface area contributed by atoms with Crippen molar-refractivity contribution >= 4 is 0 Å². The van der Waals surface area contributed by atoms with Crippen LogP contribution in [0.15, 0.2) is 0 Å². The highest BCUT2D eigenvalue weighted by molar-refractivity contribution is 5.05. The fraction of sp³-hybridized carbons (Fsp3) is 1.00. The largest absolute Gasteiger partial charge is 0.329 e. The third-order valence-corrected chi connectivity index (χ3v) is 4.23. The van der Waals surface area contributed by atoms with Crippen molar-refractivity contribution in [2.75, 3.05) is 13.1 Å². The van der Waals surface area contributed by atoms with Crippen LogP contribution in [0.4, 0.5) is 0 Å². The maximum Gasteiger partial charge on any atom is 0.0339 e. The molecule has 2 unspecified atom stereocenters. The van der Waals surface area contributed by atoms with Gasteiger partial charge in [-0.05, 0) is 38.0 Å². The van der Waals surface area contributed by atoms with Crippen molar-refractivity contribution in [2.45, 2.75) is 51.6 Å². The van der Waals surface area contributed by atoms with Crippen LogP contribution >= 0.6 is 0 Å². The van der Waals surface area contributed by atoms with Crippen LogP contribution in [-0.2, 0) is 0 Å². The van der Waals surface area contributed by atoms with Crippen LogP contribution in [-0.4, -0.2) is 29.6 Å². The van der Waals surface area contributed by atoms with Gasteiger partial charge in [-0.1, -0.05) is 13.8 Å². The molecule has 2 heteroatoms. The van der Waals surface area contributed by atoms with E-state index in [1.54, 1.807) is 0 Å². The Morgan fingerprint density at radius 3 is 2.21 bits per heavy atom. The first kappa shape index (κ1) is 10.4. The second-order valence-corrected chi connectivity index (χ2v) is 5.78. The van der Waals surface area contributed by atoms with Gasteiger partial charge in [0.05, 0.1) is 0 Å². The molecule has 0 amide bonds. The highest BCUT2D eigenvalue weighted by Crippen LogP contribution is 2.45. The third-order valence-electron chi connectivity index (χ3n) is 4.23. The molecule has 2 atom stereocenters. The van der Waals surface area contributed by atoms with Crippen LogP contribution in [0, 0.1) is 11.8 Å². The number of hydrogen-bond acceptors (Lipinski definition) is 2. The van der Waals surface area contributed by atoms with Crippen molar-refractivity contribution in [3.63, 3.8) is 0 Å². The summed E-state index contributed by atoms with van der Waals surface area (Å²) in [6.45, 7) is 9.20. The average Bonchev–Trinajstić information content (AvgIpc) is 2.40. The fourth-order valence-electron chi connectivity index (χ4n) is 3.72. The maximum absolute atomic E-state index is 5.98. The highest BCUT2D eigenvalue weighted by Gasteiger charge is 2.49. The minimum Gasteiger partial charge on any atom is -0.329 e. The van der Waals surface area contributed by atoms with Gasteiger partial charge in [0.25, 0.3) is 0 Å². The maximum atomic E-state index is 5.98. The Labute approximate surface area is 87.8 Å². The third kappa shape index (κ3) is 1.49. The molecule has 82 valence electrons. The molecule has 0 spiro atoms. The fourth-order valence-corrected chi connectivity index (χ4v) is 3.72. The minimum absolute atomic E-state index is 0.379. The number of likely N-dealkylation sites (tertiary alicyclic amines) is 1. The minimum atomic E-state index is 0.379. The monoisotopic (exact) mass is 196 g/mol. The normalized spacial score (nSPS) is 49.3. The molecule has 0 bridgehead atoms. The van der Waals surface area contributed by atoms with E-state index in [4.69, 9.17) is 5.73 Å². The Bertz CT molecular complexity index is 208. The van der Waals surface area contributed by atoms with Gasteiger partial charge < -0.3 is 5.73 Å². The average molecular weight is 196 g/mol. The molecule has 0 aromatic heterocycles. The number of nitrogens with two attached hydrogens (primary N) is 1. The molecule has 0 radical (unpaired) electrons. The van der Waals surface area contributed by atoms with E-state index in [0.717, 1.165) is 24.4 Å². The molecule has 0 aromatic carbocycles. The first-order valence-electron chi connectivity index (χ1n) is 6.04. The zero-order valence-electron chi connectivity index (χ0n) is 9.79. The molecule has 2 rings (SSSR count). The van der Waals surface area contributed by atoms with E-state index in [9.17, 15) is 0 Å². The van der Waals surface area contributed by atoms with Crippen LogP contribution in [0.3, 0.4) is 0 Å². The van der Waals surface area contributed by atoms with Crippen LogP contribution in [0.25, 0.3) is 0 Å². The van der Waals surface area contributed by atoms with Gasteiger partial charge in [0.1, 0.15) is 0 Å². The quantitative estimate of drug-likeness (QED) is 0.730. The molecule has 14 heavy (non-hydrogen) atoms. The molecule has 1 saturated heterocycles. The molecule has 2 N–H and O–H groups in total. The van der Waals surface area contributed by atoms with Crippen molar-refractivity contribution in [2.24, 2.45) is 17.6 Å². The van der Waals surface area contributed by atoms with Crippen LogP contribution in [0.2, 0.25) is 0 Å². The summed E-state index contributed by atoms with van der Waals surface area (Å²) in [5.41, 5.74) is 6.36. The van der Waals surface area contributed by atoms with E-state index in [1.165, 1.54) is 25.8 Å². The van der Waals surface area contributed by atoms with Crippen molar-refractivity contribution < 1.29 is 0 Å². The van der Waals surface area contributed by atoms with Gasteiger partial charge in [0.2, 0.25) is 0 Å². The van der Waals surface area contributed by atoms with E-state index in [1.807, 2.05) is 0 Å². The molecule has 2 aliphatic rings. The van der Waals surface area contributed by atoms with Gasteiger partial charge in [-0.15, -0.1) is 0 Å². The molecule has 2 fully saturated rings. The number of rotatable bonds is 2. The van der Waals surface area contributed by atoms with Gasteiger partial charge >= 0.3 is 0 Å². The topological polar surface area (TPSA) is 29.3 Å². The van der Waals surface area contributed by atoms with Gasteiger partial charge in [-0.3, -0.25) is 4.90 Å². The molecule has 2 nitrogen and oxygen atoms in total. The lowest BCUT2D eigenvalue weighted by molar-refractivity contribution is -0.0187. The summed E-state index contributed by atoms with van der Waals surface area (Å²) in [7, 11) is 0. The lowest BCUT2D eigenvalue weighted by Crippen LogP contribution is -2.62. The second-order valence-electron chi connectivity index (χ2n) is 5.78. The van der Waals surface area contributed by atoms with Gasteiger partial charge in [0, 0.05) is 24.7 Å². The van der Waals surface area contributed by atoms with Gasteiger partial charge in [0.15, 0.2) is 0 Å². The van der Waals surface area contributed by atoms with Gasteiger partial charge in [-0.2, -0.15) is 0 Å². The summed E-state index contributed by atoms with van der Waals surface area (Å²) >= 11 is 0. The Morgan fingerprint density at radius 1 is 1.21 bits per heavy atom. The Morgan fingerprint density at radius 2 is 1.86 bits per heavy atom. The first-order valence-corrected chi connectivity index (χ1v) is 6.04.